The van der Waals surface area contributed by atoms with Crippen molar-refractivity contribution < 1.29 is 0 Å². The van der Waals surface area contributed by atoms with Gasteiger partial charge in [-0.25, -0.2) is 4.98 Å². The Hall–Kier alpha value is -0.870. The molecule has 1 aromatic carbocycles. The number of para-hydroxylation sites is 1. The van der Waals surface area contributed by atoms with Crippen molar-refractivity contribution in [3.05, 3.63) is 28.5 Å². The molecule has 0 radical (unpaired) electrons. The van der Waals surface area contributed by atoms with Crippen LogP contribution in [0, 0.1) is 0 Å². The third-order valence-electron chi connectivity index (χ3n) is 3.52. The molecule has 4 heteroatoms. The molecule has 0 amide bonds. The molecule has 0 saturated carbocycles. The predicted octanol–water partition coefficient (Wildman–Crippen LogP) is 3.15. The van der Waals surface area contributed by atoms with Crippen molar-refractivity contribution in [1.82, 2.24) is 14.9 Å². The van der Waals surface area contributed by atoms with Crippen LogP contribution >= 0.6 is 15.9 Å². The zero-order chi connectivity index (χ0) is 11.8. The highest BCUT2D eigenvalue weighted by Crippen LogP contribution is 2.28. The molecule has 2 aromatic rings. The zero-order valence-corrected chi connectivity index (χ0v) is 11.5. The van der Waals surface area contributed by atoms with Crippen LogP contribution in [0.25, 0.3) is 11.0 Å². The molecule has 2 heterocycles. The molecule has 3 nitrogen and oxygen atoms in total. The third-order valence-corrected chi connectivity index (χ3v) is 4.16. The zero-order valence-electron chi connectivity index (χ0n) is 9.91. The topological polar surface area (TPSA) is 29.9 Å². The smallest absolute Gasteiger partial charge is 0.126 e. The Morgan fingerprint density at radius 1 is 1.41 bits per heavy atom. The van der Waals surface area contributed by atoms with Crippen molar-refractivity contribution in [2.75, 3.05) is 6.54 Å². The van der Waals surface area contributed by atoms with E-state index in [1.807, 2.05) is 6.07 Å². The maximum absolute atomic E-state index is 4.79. The molecule has 3 rings (SSSR count). The summed E-state index contributed by atoms with van der Waals surface area (Å²) in [6, 6.07) is 6.65. The number of aryl methyl sites for hydroxylation is 1. The summed E-state index contributed by atoms with van der Waals surface area (Å²) in [5, 5.41) is 3.56. The Kier molecular flexibility index (Phi) is 2.92. The van der Waals surface area contributed by atoms with Gasteiger partial charge in [-0.15, -0.1) is 0 Å². The first-order valence-electron chi connectivity index (χ1n) is 6.11. The number of benzene rings is 1. The van der Waals surface area contributed by atoms with E-state index in [1.54, 1.807) is 0 Å². The van der Waals surface area contributed by atoms with Crippen molar-refractivity contribution in [2.24, 2.45) is 7.05 Å². The average molecular weight is 294 g/mol. The van der Waals surface area contributed by atoms with Crippen molar-refractivity contribution in [1.29, 1.82) is 0 Å². The van der Waals surface area contributed by atoms with Gasteiger partial charge in [0.2, 0.25) is 0 Å². The Morgan fingerprint density at radius 3 is 3.00 bits per heavy atom. The van der Waals surface area contributed by atoms with Gasteiger partial charge in [0, 0.05) is 11.5 Å². The summed E-state index contributed by atoms with van der Waals surface area (Å²) in [4.78, 5) is 4.79. The number of imidazole rings is 1. The fourth-order valence-corrected chi connectivity index (χ4v) is 3.03. The Bertz CT molecular complexity index is 541. The van der Waals surface area contributed by atoms with Gasteiger partial charge in [0.05, 0.1) is 11.6 Å². The van der Waals surface area contributed by atoms with Crippen molar-refractivity contribution >= 4 is 27.0 Å². The van der Waals surface area contributed by atoms with Crippen molar-refractivity contribution in [2.45, 2.75) is 25.3 Å². The van der Waals surface area contributed by atoms with Crippen LogP contribution in [-0.2, 0) is 7.05 Å². The van der Waals surface area contributed by atoms with Crippen LogP contribution < -0.4 is 5.32 Å². The number of hydrogen-bond acceptors (Lipinski definition) is 2. The lowest BCUT2D eigenvalue weighted by Crippen LogP contribution is -2.28. The van der Waals surface area contributed by atoms with E-state index in [0.717, 1.165) is 22.4 Å². The summed E-state index contributed by atoms with van der Waals surface area (Å²) in [5.74, 6) is 1.16. The van der Waals surface area contributed by atoms with Crippen LogP contribution in [0.2, 0.25) is 0 Å². The van der Waals surface area contributed by atoms with Crippen molar-refractivity contribution in [3.63, 3.8) is 0 Å². The SMILES string of the molecule is Cn1c(C2CCCCN2)nc2c(Br)cccc21. The van der Waals surface area contributed by atoms with Gasteiger partial charge >= 0.3 is 0 Å². The first kappa shape index (κ1) is 11.2. The molecule has 0 spiro atoms. The minimum absolute atomic E-state index is 0.410. The van der Waals surface area contributed by atoms with Gasteiger partial charge in [-0.1, -0.05) is 12.5 Å². The fraction of sp³-hybridized carbons (Fsp3) is 0.462. The molecular weight excluding hydrogens is 278 g/mol. The maximum Gasteiger partial charge on any atom is 0.126 e. The lowest BCUT2D eigenvalue weighted by atomic mass is 10.0. The number of fused-ring (bicyclic) bond motifs is 1. The Balaban J connectivity index is 2.10. The van der Waals surface area contributed by atoms with Gasteiger partial charge in [-0.05, 0) is 47.4 Å². The molecule has 1 aliphatic rings. The van der Waals surface area contributed by atoms with Crippen LogP contribution in [0.3, 0.4) is 0 Å². The minimum atomic E-state index is 0.410. The molecule has 90 valence electrons. The quantitative estimate of drug-likeness (QED) is 0.875. The Labute approximate surface area is 109 Å². The summed E-state index contributed by atoms with van der Waals surface area (Å²) in [5.41, 5.74) is 2.26. The fourth-order valence-electron chi connectivity index (χ4n) is 2.58. The van der Waals surface area contributed by atoms with Gasteiger partial charge in [-0.2, -0.15) is 0 Å². The monoisotopic (exact) mass is 293 g/mol. The molecule has 1 aliphatic heterocycles. The van der Waals surface area contributed by atoms with Crippen molar-refractivity contribution in [3.8, 4) is 0 Å². The lowest BCUT2D eigenvalue weighted by Gasteiger charge is -2.22. The molecule has 0 aliphatic carbocycles. The second-order valence-corrected chi connectivity index (χ2v) is 5.49. The second kappa shape index (κ2) is 4.42. The van der Waals surface area contributed by atoms with Crippen LogP contribution in [0.1, 0.15) is 31.1 Å². The first-order chi connectivity index (χ1) is 8.27. The van der Waals surface area contributed by atoms with E-state index in [9.17, 15) is 0 Å². The first-order valence-corrected chi connectivity index (χ1v) is 6.91. The summed E-state index contributed by atoms with van der Waals surface area (Å²) >= 11 is 3.57. The van der Waals surface area contributed by atoms with Gasteiger partial charge in [0.15, 0.2) is 0 Å². The molecule has 1 unspecified atom stereocenters. The number of aromatic nitrogens is 2. The average Bonchev–Trinajstić information content (AvgIpc) is 2.70. The number of hydrogen-bond donors (Lipinski definition) is 1. The minimum Gasteiger partial charge on any atom is -0.330 e. The van der Waals surface area contributed by atoms with Gasteiger partial charge in [-0.3, -0.25) is 0 Å². The van der Waals surface area contributed by atoms with Gasteiger partial charge in [0.25, 0.3) is 0 Å². The molecule has 1 atom stereocenters. The lowest BCUT2D eigenvalue weighted by molar-refractivity contribution is 0.392. The van der Waals surface area contributed by atoms with Crippen LogP contribution in [0.15, 0.2) is 22.7 Å². The maximum atomic E-state index is 4.79. The number of piperidine rings is 1. The summed E-state index contributed by atoms with van der Waals surface area (Å²) < 4.78 is 3.29. The van der Waals surface area contributed by atoms with E-state index < -0.39 is 0 Å². The van der Waals surface area contributed by atoms with Crippen LogP contribution in [0.4, 0.5) is 0 Å². The predicted molar refractivity (Wildman–Crippen MR) is 73.0 cm³/mol. The number of halogens is 1. The van der Waals surface area contributed by atoms with E-state index >= 15 is 0 Å². The third kappa shape index (κ3) is 1.89. The van der Waals surface area contributed by atoms with Gasteiger partial charge < -0.3 is 9.88 Å². The summed E-state index contributed by atoms with van der Waals surface area (Å²) in [7, 11) is 2.10. The molecule has 1 N–H and O–H groups in total. The number of nitrogens with zero attached hydrogens (tertiary/aromatic N) is 2. The Morgan fingerprint density at radius 2 is 2.29 bits per heavy atom. The highest BCUT2D eigenvalue weighted by atomic mass is 79.9. The van der Waals surface area contributed by atoms with E-state index in [-0.39, 0.29) is 0 Å². The molecule has 1 aromatic heterocycles. The highest BCUT2D eigenvalue weighted by Gasteiger charge is 2.20. The van der Waals surface area contributed by atoms with E-state index in [1.165, 1.54) is 24.8 Å². The van der Waals surface area contributed by atoms with Crippen LogP contribution in [0.5, 0.6) is 0 Å². The van der Waals surface area contributed by atoms with Crippen LogP contribution in [-0.4, -0.2) is 16.1 Å². The molecule has 1 saturated heterocycles. The number of nitrogens with one attached hydrogen (secondary N) is 1. The summed E-state index contributed by atoms with van der Waals surface area (Å²) in [6.07, 6.45) is 3.76. The van der Waals surface area contributed by atoms with E-state index in [4.69, 9.17) is 4.98 Å². The number of rotatable bonds is 1. The largest absolute Gasteiger partial charge is 0.330 e. The van der Waals surface area contributed by atoms with E-state index in [2.05, 4.69) is 45.0 Å². The second-order valence-electron chi connectivity index (χ2n) is 4.64. The molecule has 17 heavy (non-hydrogen) atoms. The summed E-state index contributed by atoms with van der Waals surface area (Å²) in [6.45, 7) is 1.11. The standard InChI is InChI=1S/C13H16BrN3/c1-17-11-7-4-5-9(14)12(11)16-13(17)10-6-2-3-8-15-10/h4-5,7,10,15H,2-3,6,8H2,1H3. The molecule has 0 bridgehead atoms. The normalized spacial score (nSPS) is 20.9. The molecular formula is C13H16BrN3. The highest BCUT2D eigenvalue weighted by molar-refractivity contribution is 9.10. The van der Waals surface area contributed by atoms with Gasteiger partial charge in [0.1, 0.15) is 11.3 Å². The molecule has 1 fully saturated rings. The van der Waals surface area contributed by atoms with E-state index in [0.29, 0.717) is 6.04 Å².